The Labute approximate surface area is 263 Å². The van der Waals surface area contributed by atoms with Crippen molar-refractivity contribution in [2.45, 2.75) is 63.1 Å². The van der Waals surface area contributed by atoms with E-state index >= 15 is 0 Å². The van der Waals surface area contributed by atoms with Gasteiger partial charge in [0.15, 0.2) is 0 Å². The van der Waals surface area contributed by atoms with E-state index in [1.807, 2.05) is 10.6 Å². The number of hydrogen-bond acceptors (Lipinski definition) is 13. The zero-order valence-corrected chi connectivity index (χ0v) is 25.4. The van der Waals surface area contributed by atoms with Crippen LogP contribution >= 0.6 is 21.6 Å². The van der Waals surface area contributed by atoms with Crippen molar-refractivity contribution in [1.82, 2.24) is 16.0 Å². The Morgan fingerprint density at radius 1 is 0.644 bits per heavy atom. The third-order valence-electron chi connectivity index (χ3n) is 5.52. The number of carboxylic acid groups (broad SMARTS) is 5. The Balaban J connectivity index is 5.27. The molecular weight excluding hydrogens is 648 g/mol. The lowest BCUT2D eigenvalue weighted by Gasteiger charge is -2.27. The molecule has 0 unspecified atom stereocenters. The summed E-state index contributed by atoms with van der Waals surface area (Å²) in [7, 11) is 2.43. The quantitative estimate of drug-likeness (QED) is 0.0288. The molecular formula is C24H36N4O15S2. The van der Waals surface area contributed by atoms with E-state index in [1.54, 1.807) is 0 Å². The zero-order chi connectivity index (χ0) is 34.5. The van der Waals surface area contributed by atoms with Crippen LogP contribution in [0.2, 0.25) is 0 Å². The van der Waals surface area contributed by atoms with Crippen molar-refractivity contribution in [2.24, 2.45) is 11.7 Å². The smallest absolute Gasteiger partial charge is 0.327 e. The van der Waals surface area contributed by atoms with Gasteiger partial charge in [-0.1, -0.05) is 21.6 Å². The van der Waals surface area contributed by atoms with Crippen molar-refractivity contribution in [2.75, 3.05) is 24.7 Å². The van der Waals surface area contributed by atoms with Crippen LogP contribution < -0.4 is 21.7 Å². The van der Waals surface area contributed by atoms with Gasteiger partial charge >= 0.3 is 35.8 Å². The Bertz CT molecular complexity index is 1090. The zero-order valence-electron chi connectivity index (χ0n) is 23.8. The van der Waals surface area contributed by atoms with E-state index in [1.165, 1.54) is 21.6 Å². The standard InChI is InChI=1S/C24H36N4O15S2/c25-11-15(24(41)42)28-23(40)14(10-20(36)37)27-22(39)12(8-18(32)33)13(9-19(34)35)26-16(29)4-6-44-45-7-5-43-21(38)3-1-2-17(30)31/h12-15H,1-11,25H2,(H,26,29)(H,27,39)(H,28,40)(H,30,31)(H,32,33)(H,34,35)(H,36,37)(H,41,42)/t12-,13+,14+,15+/m1/s1. The molecule has 0 saturated heterocycles. The van der Waals surface area contributed by atoms with E-state index in [0.717, 1.165) is 0 Å². The number of aliphatic carboxylic acids is 5. The Morgan fingerprint density at radius 2 is 1.22 bits per heavy atom. The molecule has 254 valence electrons. The summed E-state index contributed by atoms with van der Waals surface area (Å²) in [4.78, 5) is 106. The van der Waals surface area contributed by atoms with Gasteiger partial charge in [0.2, 0.25) is 17.7 Å². The van der Waals surface area contributed by atoms with E-state index in [9.17, 15) is 53.4 Å². The Hall–Kier alpha value is -4.11. The van der Waals surface area contributed by atoms with Gasteiger partial charge in [0.05, 0.1) is 31.2 Å². The topological polar surface area (TPSA) is 326 Å². The van der Waals surface area contributed by atoms with E-state index < -0.39 is 103 Å². The van der Waals surface area contributed by atoms with Crippen LogP contribution in [0.1, 0.15) is 44.9 Å². The molecule has 0 fully saturated rings. The van der Waals surface area contributed by atoms with Crippen LogP contribution in [0, 0.1) is 5.92 Å². The molecule has 0 aliphatic heterocycles. The lowest BCUT2D eigenvalue weighted by Crippen LogP contribution is -2.57. The molecule has 3 amide bonds. The lowest BCUT2D eigenvalue weighted by molar-refractivity contribution is -0.146. The van der Waals surface area contributed by atoms with Crippen molar-refractivity contribution in [3.8, 4) is 0 Å². The molecule has 0 aliphatic carbocycles. The summed E-state index contributed by atoms with van der Waals surface area (Å²) >= 11 is 0. The molecule has 0 aliphatic rings. The first kappa shape index (κ1) is 40.9. The predicted octanol–water partition coefficient (Wildman–Crippen LogP) is -1.91. The molecule has 0 spiro atoms. The van der Waals surface area contributed by atoms with Crippen LogP contribution in [-0.4, -0.2) is 122 Å². The van der Waals surface area contributed by atoms with Crippen molar-refractivity contribution < 1.29 is 73.4 Å². The summed E-state index contributed by atoms with van der Waals surface area (Å²) < 4.78 is 4.94. The number of carbonyl (C=O) groups is 9. The summed E-state index contributed by atoms with van der Waals surface area (Å²) in [6.45, 7) is -0.546. The predicted molar refractivity (Wildman–Crippen MR) is 155 cm³/mol. The number of nitrogens with two attached hydrogens (primary N) is 1. The summed E-state index contributed by atoms with van der Waals surface area (Å²) in [5, 5.41) is 51.7. The molecule has 0 aromatic carbocycles. The van der Waals surface area contributed by atoms with Crippen LogP contribution in [0.25, 0.3) is 0 Å². The summed E-state index contributed by atoms with van der Waals surface area (Å²) in [5.41, 5.74) is 5.26. The fourth-order valence-electron chi connectivity index (χ4n) is 3.42. The summed E-state index contributed by atoms with van der Waals surface area (Å²) in [5.74, 6) is -12.4. The van der Waals surface area contributed by atoms with Gasteiger partial charge in [0.25, 0.3) is 0 Å². The monoisotopic (exact) mass is 684 g/mol. The van der Waals surface area contributed by atoms with Crippen molar-refractivity contribution in [3.63, 3.8) is 0 Å². The van der Waals surface area contributed by atoms with Crippen LogP contribution in [0.5, 0.6) is 0 Å². The third kappa shape index (κ3) is 19.7. The van der Waals surface area contributed by atoms with E-state index in [-0.39, 0.29) is 38.0 Å². The number of carboxylic acids is 5. The second-order valence-corrected chi connectivity index (χ2v) is 11.8. The van der Waals surface area contributed by atoms with Gasteiger partial charge in [0, 0.05) is 37.3 Å². The van der Waals surface area contributed by atoms with Crippen LogP contribution in [0.4, 0.5) is 0 Å². The maximum Gasteiger partial charge on any atom is 0.327 e. The average molecular weight is 685 g/mol. The number of esters is 1. The second kappa shape index (κ2) is 22.4. The molecule has 45 heavy (non-hydrogen) atoms. The van der Waals surface area contributed by atoms with Gasteiger partial charge < -0.3 is 52.0 Å². The van der Waals surface area contributed by atoms with E-state index in [0.29, 0.717) is 5.75 Å². The highest BCUT2D eigenvalue weighted by Gasteiger charge is 2.36. The fraction of sp³-hybridized carbons (Fsp3) is 0.625. The Morgan fingerprint density at radius 3 is 1.76 bits per heavy atom. The minimum atomic E-state index is -1.90. The summed E-state index contributed by atoms with van der Waals surface area (Å²) in [6, 6.07) is -5.15. The molecule has 10 N–H and O–H groups in total. The Kier molecular flexibility index (Phi) is 20.4. The highest BCUT2D eigenvalue weighted by atomic mass is 33.1. The number of rotatable bonds is 25. The number of carbonyl (C=O) groups excluding carboxylic acids is 4. The number of amides is 3. The molecule has 19 nitrogen and oxygen atoms in total. The minimum Gasteiger partial charge on any atom is -0.481 e. The fourth-order valence-corrected chi connectivity index (χ4v) is 5.24. The molecule has 21 heteroatoms. The maximum atomic E-state index is 13.1. The number of hydrogen-bond donors (Lipinski definition) is 9. The molecule has 0 heterocycles. The number of ether oxygens (including phenoxy) is 1. The van der Waals surface area contributed by atoms with Gasteiger partial charge in [0.1, 0.15) is 18.7 Å². The first-order valence-electron chi connectivity index (χ1n) is 13.2. The normalized spacial score (nSPS) is 13.3. The van der Waals surface area contributed by atoms with Gasteiger partial charge in [-0.25, -0.2) is 4.79 Å². The molecule has 0 radical (unpaired) electrons. The van der Waals surface area contributed by atoms with Gasteiger partial charge in [-0.15, -0.1) is 0 Å². The van der Waals surface area contributed by atoms with Crippen LogP contribution in [0.3, 0.4) is 0 Å². The van der Waals surface area contributed by atoms with Crippen molar-refractivity contribution in [1.29, 1.82) is 0 Å². The average Bonchev–Trinajstić information content (AvgIpc) is 2.92. The SMILES string of the molecule is NC[C@H](NC(=O)[C@H](CC(=O)O)NC(=O)[C@H](CC(=O)O)[C@H](CC(=O)O)NC(=O)CCSSCCOC(=O)CCCC(=O)O)C(=O)O. The highest BCUT2D eigenvalue weighted by Crippen LogP contribution is 2.22. The van der Waals surface area contributed by atoms with Crippen molar-refractivity contribution in [3.05, 3.63) is 0 Å². The first-order chi connectivity index (χ1) is 21.1. The molecule has 4 atom stereocenters. The van der Waals surface area contributed by atoms with Crippen molar-refractivity contribution >= 4 is 75.1 Å². The molecule has 0 saturated carbocycles. The third-order valence-corrected chi connectivity index (χ3v) is 7.89. The van der Waals surface area contributed by atoms with Gasteiger partial charge in [-0.3, -0.25) is 38.4 Å². The number of nitrogens with one attached hydrogen (secondary N) is 3. The summed E-state index contributed by atoms with van der Waals surface area (Å²) in [6.07, 6.45) is -3.26. The second-order valence-electron chi connectivity index (χ2n) is 9.13. The molecule has 0 rings (SSSR count). The van der Waals surface area contributed by atoms with Gasteiger partial charge in [-0.05, 0) is 6.42 Å². The van der Waals surface area contributed by atoms with E-state index in [2.05, 4.69) is 5.32 Å². The van der Waals surface area contributed by atoms with E-state index in [4.69, 9.17) is 25.8 Å². The molecule has 0 aromatic rings. The van der Waals surface area contributed by atoms with Gasteiger partial charge in [-0.2, -0.15) is 0 Å². The van der Waals surface area contributed by atoms with Crippen LogP contribution in [-0.2, 0) is 47.9 Å². The first-order valence-corrected chi connectivity index (χ1v) is 15.7. The van der Waals surface area contributed by atoms with Crippen LogP contribution in [0.15, 0.2) is 0 Å². The minimum absolute atomic E-state index is 0.0342. The lowest BCUT2D eigenvalue weighted by atomic mass is 9.91. The molecule has 0 aromatic heterocycles. The maximum absolute atomic E-state index is 13.1. The molecule has 0 bridgehead atoms. The highest BCUT2D eigenvalue weighted by molar-refractivity contribution is 8.76. The largest absolute Gasteiger partial charge is 0.481 e.